The molecule has 2 heterocycles. The van der Waals surface area contributed by atoms with E-state index >= 15 is 0 Å². The average molecular weight is 375 g/mol. The molecule has 0 radical (unpaired) electrons. The molecule has 1 aromatic carbocycles. The van der Waals surface area contributed by atoms with Gasteiger partial charge < -0.3 is 31.6 Å². The van der Waals surface area contributed by atoms with Crippen molar-refractivity contribution in [2.45, 2.75) is 19.4 Å². The molecule has 0 saturated carbocycles. The van der Waals surface area contributed by atoms with Gasteiger partial charge in [-0.1, -0.05) is 6.92 Å². The summed E-state index contributed by atoms with van der Waals surface area (Å²) in [5.74, 6) is -1.46. The quantitative estimate of drug-likeness (QED) is 0.574. The van der Waals surface area contributed by atoms with Gasteiger partial charge in [0.1, 0.15) is 11.9 Å². The minimum atomic E-state index is -0.863. The van der Waals surface area contributed by atoms with E-state index in [4.69, 9.17) is 20.9 Å². The Morgan fingerprint density at radius 1 is 1.22 bits per heavy atom. The fraction of sp³-hybridized carbons (Fsp3) is 0.235. The number of rotatable bonds is 7. The number of halogens is 1. The standard InChI is InChI=1S/C17H18FN5O4/c1-2-11(15(20)25)22-17-10(18)6-9(14(19)24)16(23-17)21-8-3-4-12-13(5-8)27-7-26-12/h3-6,11H,2,7H2,1H3,(H2,19,24)(H2,20,25)(H2,21,22,23). The van der Waals surface area contributed by atoms with Gasteiger partial charge in [0.2, 0.25) is 12.7 Å². The molecule has 0 fully saturated rings. The number of benzene rings is 1. The Bertz CT molecular complexity index is 905. The second kappa shape index (κ2) is 7.36. The Labute approximate surface area is 153 Å². The van der Waals surface area contributed by atoms with E-state index in [2.05, 4.69) is 15.6 Å². The molecule has 0 bridgehead atoms. The molecule has 6 N–H and O–H groups in total. The number of nitrogens with two attached hydrogens (primary N) is 2. The van der Waals surface area contributed by atoms with E-state index in [0.717, 1.165) is 6.07 Å². The molecular formula is C17H18FN5O4. The van der Waals surface area contributed by atoms with Gasteiger partial charge in [0, 0.05) is 11.8 Å². The third-order valence-corrected chi connectivity index (χ3v) is 3.94. The lowest BCUT2D eigenvalue weighted by Crippen LogP contribution is -2.35. The van der Waals surface area contributed by atoms with Crippen molar-refractivity contribution in [2.24, 2.45) is 11.5 Å². The van der Waals surface area contributed by atoms with Crippen LogP contribution in [0, 0.1) is 5.82 Å². The first-order valence-corrected chi connectivity index (χ1v) is 8.12. The zero-order chi connectivity index (χ0) is 19.6. The van der Waals surface area contributed by atoms with Crippen LogP contribution < -0.4 is 31.6 Å². The van der Waals surface area contributed by atoms with Gasteiger partial charge in [-0.05, 0) is 24.6 Å². The number of anilines is 3. The summed E-state index contributed by atoms with van der Waals surface area (Å²) in [5, 5.41) is 5.53. The van der Waals surface area contributed by atoms with Crippen molar-refractivity contribution in [3.63, 3.8) is 0 Å². The van der Waals surface area contributed by atoms with Crippen LogP contribution in [0.4, 0.5) is 21.7 Å². The number of nitrogens with zero attached hydrogens (tertiary/aromatic N) is 1. The summed E-state index contributed by atoms with van der Waals surface area (Å²) >= 11 is 0. The van der Waals surface area contributed by atoms with Crippen molar-refractivity contribution in [2.75, 3.05) is 17.4 Å². The van der Waals surface area contributed by atoms with E-state index in [9.17, 15) is 14.0 Å². The van der Waals surface area contributed by atoms with E-state index in [0.29, 0.717) is 23.6 Å². The number of hydrogen-bond donors (Lipinski definition) is 4. The summed E-state index contributed by atoms with van der Waals surface area (Å²) in [5.41, 5.74) is 11.0. The maximum atomic E-state index is 14.3. The highest BCUT2D eigenvalue weighted by Gasteiger charge is 2.21. The second-order valence-electron chi connectivity index (χ2n) is 5.78. The van der Waals surface area contributed by atoms with Crippen LogP contribution in [0.2, 0.25) is 0 Å². The topological polar surface area (TPSA) is 142 Å². The minimum absolute atomic E-state index is 0.0181. The molecule has 1 aliphatic rings. The first-order valence-electron chi connectivity index (χ1n) is 8.12. The molecule has 27 heavy (non-hydrogen) atoms. The predicted molar refractivity (Wildman–Crippen MR) is 95.5 cm³/mol. The molecule has 1 unspecified atom stereocenters. The highest BCUT2D eigenvalue weighted by molar-refractivity contribution is 5.98. The Kier molecular flexibility index (Phi) is 4.97. The van der Waals surface area contributed by atoms with Gasteiger partial charge >= 0.3 is 0 Å². The summed E-state index contributed by atoms with van der Waals surface area (Å²) < 4.78 is 24.8. The van der Waals surface area contributed by atoms with Crippen molar-refractivity contribution < 1.29 is 23.5 Å². The van der Waals surface area contributed by atoms with Crippen molar-refractivity contribution in [1.29, 1.82) is 0 Å². The van der Waals surface area contributed by atoms with E-state index < -0.39 is 23.7 Å². The minimum Gasteiger partial charge on any atom is -0.454 e. The maximum Gasteiger partial charge on any atom is 0.252 e. The largest absolute Gasteiger partial charge is 0.454 e. The van der Waals surface area contributed by atoms with Crippen molar-refractivity contribution in [3.05, 3.63) is 35.6 Å². The molecule has 142 valence electrons. The van der Waals surface area contributed by atoms with Gasteiger partial charge in [-0.15, -0.1) is 0 Å². The van der Waals surface area contributed by atoms with E-state index in [-0.39, 0.29) is 24.0 Å². The zero-order valence-electron chi connectivity index (χ0n) is 14.4. The van der Waals surface area contributed by atoms with Gasteiger partial charge in [-0.2, -0.15) is 0 Å². The lowest BCUT2D eigenvalue weighted by atomic mass is 10.2. The zero-order valence-corrected chi connectivity index (χ0v) is 14.4. The monoisotopic (exact) mass is 375 g/mol. The Morgan fingerprint density at radius 2 is 1.96 bits per heavy atom. The molecular weight excluding hydrogens is 357 g/mol. The van der Waals surface area contributed by atoms with Gasteiger partial charge in [0.05, 0.1) is 5.56 Å². The lowest BCUT2D eigenvalue weighted by Gasteiger charge is -2.17. The summed E-state index contributed by atoms with van der Waals surface area (Å²) in [6.07, 6.45) is 0.332. The number of ether oxygens (including phenoxy) is 2. The van der Waals surface area contributed by atoms with Crippen LogP contribution in [0.5, 0.6) is 11.5 Å². The van der Waals surface area contributed by atoms with Crippen LogP contribution in [0.3, 0.4) is 0 Å². The Hall–Kier alpha value is -3.56. The molecule has 0 spiro atoms. The van der Waals surface area contributed by atoms with E-state index in [1.165, 1.54) is 0 Å². The van der Waals surface area contributed by atoms with Crippen LogP contribution in [-0.2, 0) is 4.79 Å². The number of carbonyl (C=O) groups is 2. The number of aromatic nitrogens is 1. The molecule has 0 aliphatic carbocycles. The van der Waals surface area contributed by atoms with Gasteiger partial charge in [-0.25, -0.2) is 9.37 Å². The SMILES string of the molecule is CCC(Nc1nc(Nc2ccc3c(c2)OCO3)c(C(N)=O)cc1F)C(N)=O. The van der Waals surface area contributed by atoms with Gasteiger partial charge in [0.15, 0.2) is 23.1 Å². The van der Waals surface area contributed by atoms with Crippen molar-refractivity contribution in [3.8, 4) is 11.5 Å². The number of fused-ring (bicyclic) bond motifs is 1. The van der Waals surface area contributed by atoms with Crippen molar-refractivity contribution >= 4 is 29.1 Å². The summed E-state index contributed by atoms with van der Waals surface area (Å²) in [7, 11) is 0. The number of pyridine rings is 1. The van der Waals surface area contributed by atoms with Crippen molar-refractivity contribution in [1.82, 2.24) is 4.98 Å². The molecule has 9 nitrogen and oxygen atoms in total. The fourth-order valence-corrected chi connectivity index (χ4v) is 2.52. The van der Waals surface area contributed by atoms with Crippen LogP contribution in [0.15, 0.2) is 24.3 Å². The van der Waals surface area contributed by atoms with E-state index in [1.807, 2.05) is 0 Å². The highest BCUT2D eigenvalue weighted by Crippen LogP contribution is 2.35. The van der Waals surface area contributed by atoms with Crippen LogP contribution in [0.1, 0.15) is 23.7 Å². The molecule has 3 rings (SSSR count). The predicted octanol–water partition coefficient (Wildman–Crippen LogP) is 1.47. The summed E-state index contributed by atoms with van der Waals surface area (Å²) in [6, 6.07) is 5.13. The van der Waals surface area contributed by atoms with Crippen LogP contribution in [-0.4, -0.2) is 29.6 Å². The first kappa shape index (κ1) is 18.2. The number of nitrogens with one attached hydrogen (secondary N) is 2. The molecule has 10 heteroatoms. The molecule has 1 atom stereocenters. The Balaban J connectivity index is 1.95. The number of hydrogen-bond acceptors (Lipinski definition) is 7. The molecule has 2 aromatic rings. The highest BCUT2D eigenvalue weighted by atomic mass is 19.1. The third-order valence-electron chi connectivity index (χ3n) is 3.94. The Morgan fingerprint density at radius 3 is 2.63 bits per heavy atom. The van der Waals surface area contributed by atoms with E-state index in [1.54, 1.807) is 25.1 Å². The number of amides is 2. The first-order chi connectivity index (χ1) is 12.9. The average Bonchev–Trinajstić information content (AvgIpc) is 3.08. The summed E-state index contributed by atoms with van der Waals surface area (Å²) in [4.78, 5) is 27.2. The van der Waals surface area contributed by atoms with Crippen LogP contribution >= 0.6 is 0 Å². The normalized spacial score (nSPS) is 13.1. The second-order valence-corrected chi connectivity index (χ2v) is 5.78. The smallest absolute Gasteiger partial charge is 0.252 e. The van der Waals surface area contributed by atoms with Crippen LogP contribution in [0.25, 0.3) is 0 Å². The molecule has 2 amide bonds. The fourth-order valence-electron chi connectivity index (χ4n) is 2.52. The summed E-state index contributed by atoms with van der Waals surface area (Å²) in [6.45, 7) is 1.82. The third kappa shape index (κ3) is 3.84. The number of carbonyl (C=O) groups excluding carboxylic acids is 2. The maximum absolute atomic E-state index is 14.3. The molecule has 1 aromatic heterocycles. The molecule has 1 aliphatic heterocycles. The number of primary amides is 2. The molecule has 0 saturated heterocycles. The van der Waals surface area contributed by atoms with Gasteiger partial charge in [-0.3, -0.25) is 9.59 Å². The lowest BCUT2D eigenvalue weighted by molar-refractivity contribution is -0.118. The van der Waals surface area contributed by atoms with Gasteiger partial charge in [0.25, 0.3) is 5.91 Å².